The molecule has 25 aromatic rings. The topological polar surface area (TPSA) is 20.2 Å². The number of fused-ring (bicyclic) bond motifs is 27. The Morgan fingerprint density at radius 3 is 0.825 bits per heavy atom. The fourth-order valence-electron chi connectivity index (χ4n) is 22.0. The Morgan fingerprint density at radius 1 is 0.151 bits per heavy atom. The van der Waals surface area contributed by atoms with Crippen LogP contribution in [0.3, 0.4) is 0 Å². The average Bonchev–Trinajstić information content (AvgIpc) is 1.20. The largest absolute Gasteiger partial charge is 0.311 e. The highest BCUT2D eigenvalue weighted by Crippen LogP contribution is 2.53. The van der Waals surface area contributed by atoms with Crippen LogP contribution in [0.25, 0.3) is 202 Å². The number of aromatic nitrogens is 3. The lowest BCUT2D eigenvalue weighted by atomic mass is 9.33. The van der Waals surface area contributed by atoms with Crippen molar-refractivity contribution in [2.45, 2.75) is 0 Å². The summed E-state index contributed by atoms with van der Waals surface area (Å²) in [4.78, 5) is 5.41. The van der Waals surface area contributed by atoms with Crippen molar-refractivity contribution in [3.05, 3.63) is 449 Å². The Balaban J connectivity index is 0.892. The molecule has 0 radical (unpaired) electrons. The van der Waals surface area contributed by atoms with Gasteiger partial charge < -0.3 is 23.2 Å². The lowest BCUT2D eigenvalue weighted by Gasteiger charge is -2.45. The number of hydrogen-bond donors (Lipinski definition) is 0. The Bertz CT molecular complexity index is 8490. The van der Waals surface area contributed by atoms with Crippen LogP contribution in [-0.2, 0) is 0 Å². The summed E-state index contributed by atoms with van der Waals surface area (Å²) in [5.41, 5.74) is 31.3. The average molecular weight is 1600 g/mol. The molecule has 2 aliphatic rings. The Morgan fingerprint density at radius 2 is 0.437 bits per heavy atom. The van der Waals surface area contributed by atoms with Gasteiger partial charge in [0.2, 0.25) is 0 Å². The van der Waals surface area contributed by atoms with Crippen LogP contribution in [0.1, 0.15) is 0 Å². The van der Waals surface area contributed by atoms with Crippen LogP contribution in [0.5, 0.6) is 0 Å². The molecule has 2 aliphatic heterocycles. The molecular weight excluding hydrogens is 1520 g/mol. The van der Waals surface area contributed by atoms with Crippen LogP contribution < -0.4 is 26.2 Å². The zero-order chi connectivity index (χ0) is 82.3. The van der Waals surface area contributed by atoms with Crippen molar-refractivity contribution >= 4 is 198 Å². The predicted molar refractivity (Wildman–Crippen MR) is 537 cm³/mol. The number of benzene rings is 20. The molecule has 0 atom stereocenters. The summed E-state index contributed by atoms with van der Waals surface area (Å²) >= 11 is 0. The standard InChI is InChI=1S/C120H74BN5/c1-6-32-75(33-7-1)80-62-81(76-34-8-2-9-35-76)65-86(64-80)123-114-73-112-104(94-48-22-18-44-90(94)88-42-16-20-46-92(88)99-53-30-55-101-96-50-24-28-58-109(96)125(112)119(99)101)71-106(114)121-107-72-105-95-49-23-19-45-91(95)89-43-17-21-47-93(89)100-54-31-56-102-97-51-25-29-59-110(97)126(120(100)102)113(105)74-115(107)124(87-66-82(77-36-10-3-11-37-77)63-83(67-87)78-38-12-4-13-39-78)117-70-84(69-116(123)118(117)121)79-60-61-111-103(68-79)98-52-26-27-57-108(98)122(111)85-40-14-5-15-41-85/h1-74H. The van der Waals surface area contributed by atoms with Crippen LogP contribution in [0.2, 0.25) is 0 Å². The first-order chi connectivity index (χ1) is 62.5. The quantitative estimate of drug-likeness (QED) is 0.141. The summed E-state index contributed by atoms with van der Waals surface area (Å²) in [6, 6.07) is 171. The predicted octanol–water partition coefficient (Wildman–Crippen LogP) is 30.4. The van der Waals surface area contributed by atoms with Crippen molar-refractivity contribution in [2.75, 3.05) is 9.80 Å². The summed E-state index contributed by atoms with van der Waals surface area (Å²) in [5, 5.41) is 21.2. The van der Waals surface area contributed by atoms with Crippen LogP contribution in [-0.4, -0.2) is 20.1 Å². The maximum atomic E-state index is 2.71. The number of anilines is 6. The van der Waals surface area contributed by atoms with Crippen LogP contribution in [0.15, 0.2) is 449 Å². The first-order valence-electron chi connectivity index (χ1n) is 43.7. The molecule has 0 aliphatic carbocycles. The minimum atomic E-state index is -0.429. The van der Waals surface area contributed by atoms with E-state index in [1.165, 1.54) is 103 Å². The van der Waals surface area contributed by atoms with E-state index in [1.807, 2.05) is 0 Å². The van der Waals surface area contributed by atoms with Gasteiger partial charge in [-0.1, -0.05) is 346 Å². The van der Waals surface area contributed by atoms with E-state index < -0.39 is 6.71 Å². The van der Waals surface area contributed by atoms with E-state index in [9.17, 15) is 0 Å². The summed E-state index contributed by atoms with van der Waals surface area (Å²) in [6.45, 7) is -0.429. The van der Waals surface area contributed by atoms with Gasteiger partial charge >= 0.3 is 0 Å². The van der Waals surface area contributed by atoms with Gasteiger partial charge in [-0.25, -0.2) is 0 Å². The zero-order valence-corrected chi connectivity index (χ0v) is 68.5. The zero-order valence-electron chi connectivity index (χ0n) is 68.5. The third-order valence-corrected chi connectivity index (χ3v) is 27.4. The van der Waals surface area contributed by atoms with E-state index in [0.717, 1.165) is 150 Å². The Kier molecular flexibility index (Phi) is 15.3. The summed E-state index contributed by atoms with van der Waals surface area (Å²) in [6.07, 6.45) is 0. The molecule has 126 heavy (non-hydrogen) atoms. The monoisotopic (exact) mass is 1600 g/mol. The summed E-state index contributed by atoms with van der Waals surface area (Å²) in [5.74, 6) is 0. The number of nitrogens with zero attached hydrogens (tertiary/aromatic N) is 5. The van der Waals surface area contributed by atoms with Crippen molar-refractivity contribution in [3.8, 4) is 61.3 Å². The Labute approximate surface area is 726 Å². The Hall–Kier alpha value is -16.5. The van der Waals surface area contributed by atoms with Crippen LogP contribution in [0.4, 0.5) is 34.1 Å². The third-order valence-electron chi connectivity index (χ3n) is 27.4. The number of rotatable bonds is 8. The summed E-state index contributed by atoms with van der Waals surface area (Å²) < 4.78 is 7.72. The highest BCUT2D eigenvalue weighted by Gasteiger charge is 2.45. The second-order valence-corrected chi connectivity index (χ2v) is 34.1. The highest BCUT2D eigenvalue weighted by molar-refractivity contribution is 7.00. The van der Waals surface area contributed by atoms with E-state index in [1.54, 1.807) is 0 Å². The van der Waals surface area contributed by atoms with Gasteiger partial charge in [0.05, 0.1) is 44.1 Å². The molecule has 0 bridgehead atoms. The molecule has 0 spiro atoms. The molecule has 7 heterocycles. The lowest BCUT2D eigenvalue weighted by Crippen LogP contribution is -2.61. The van der Waals surface area contributed by atoms with Crippen molar-refractivity contribution in [1.82, 2.24) is 13.4 Å². The molecule has 5 aromatic heterocycles. The van der Waals surface area contributed by atoms with E-state index >= 15 is 0 Å². The van der Waals surface area contributed by atoms with Crippen molar-refractivity contribution < 1.29 is 0 Å². The van der Waals surface area contributed by atoms with Crippen molar-refractivity contribution in [2.24, 2.45) is 0 Å². The third kappa shape index (κ3) is 10.4. The van der Waals surface area contributed by atoms with Gasteiger partial charge in [0.25, 0.3) is 6.71 Å². The number of para-hydroxylation sites is 6. The second-order valence-electron chi connectivity index (χ2n) is 34.1. The molecule has 5 nitrogen and oxygen atoms in total. The van der Waals surface area contributed by atoms with E-state index in [0.29, 0.717) is 0 Å². The van der Waals surface area contributed by atoms with Crippen LogP contribution >= 0.6 is 0 Å². The maximum Gasteiger partial charge on any atom is 0.252 e. The molecule has 582 valence electrons. The van der Waals surface area contributed by atoms with Gasteiger partial charge in [0.15, 0.2) is 0 Å². The smallest absolute Gasteiger partial charge is 0.252 e. The highest BCUT2D eigenvalue weighted by atomic mass is 15.2. The first-order valence-corrected chi connectivity index (χ1v) is 43.7. The lowest BCUT2D eigenvalue weighted by molar-refractivity contribution is 1.18. The SMILES string of the molecule is c1ccc(-c2cc(-c3ccccc3)cc(N3c4cc5c(cc4B4c6cc7c8ccccc8c8ccccc8c8cccc9c%10ccccc%10n(c7cc6N(c6cc(-c7ccccc7)cc(-c7ccccc7)c6)c6cc(-c7ccc%10c(c7)c7ccccc7n%10-c7ccccc7)cc3c64)c89)c3ccccc3c3ccccc3c3cccc4c6ccccc6n5c34)c2)cc1. The van der Waals surface area contributed by atoms with Crippen molar-refractivity contribution in [1.29, 1.82) is 0 Å². The molecule has 0 saturated carbocycles. The van der Waals surface area contributed by atoms with E-state index in [4.69, 9.17) is 0 Å². The minimum absolute atomic E-state index is 0.429. The van der Waals surface area contributed by atoms with Gasteiger partial charge in [-0.05, 0) is 218 Å². The molecule has 0 saturated heterocycles. The van der Waals surface area contributed by atoms with Gasteiger partial charge in [0, 0.05) is 93.7 Å². The molecule has 0 unspecified atom stereocenters. The molecule has 0 amide bonds. The van der Waals surface area contributed by atoms with E-state index in [2.05, 4.69) is 472 Å². The molecule has 0 fully saturated rings. The van der Waals surface area contributed by atoms with Gasteiger partial charge in [0.1, 0.15) is 0 Å². The number of hydrogen-bond acceptors (Lipinski definition) is 2. The van der Waals surface area contributed by atoms with E-state index in [-0.39, 0.29) is 0 Å². The molecule has 27 rings (SSSR count). The second kappa shape index (κ2) is 27.5. The molecule has 20 aromatic carbocycles. The molecule has 6 heteroatoms. The first kappa shape index (κ1) is 70.2. The maximum absolute atomic E-state index is 2.71. The minimum Gasteiger partial charge on any atom is -0.311 e. The van der Waals surface area contributed by atoms with Gasteiger partial charge in [-0.2, -0.15) is 0 Å². The van der Waals surface area contributed by atoms with Crippen molar-refractivity contribution in [3.63, 3.8) is 0 Å². The van der Waals surface area contributed by atoms with Gasteiger partial charge in [-0.15, -0.1) is 0 Å². The fourth-order valence-corrected chi connectivity index (χ4v) is 22.0. The molecule has 0 N–H and O–H groups in total. The fraction of sp³-hybridized carbons (Fsp3) is 0. The van der Waals surface area contributed by atoms with Gasteiger partial charge in [-0.3, -0.25) is 0 Å². The normalized spacial score (nSPS) is 12.6. The summed E-state index contributed by atoms with van der Waals surface area (Å²) in [7, 11) is 0. The molecular formula is C120H74BN5. The van der Waals surface area contributed by atoms with Crippen LogP contribution in [0, 0.1) is 0 Å².